The molecule has 0 bridgehead atoms. The maximum Gasteiger partial charge on any atom is 0.282 e. The predicted molar refractivity (Wildman–Crippen MR) is 100 cm³/mol. The number of morpholine rings is 1. The molecule has 28 heavy (non-hydrogen) atoms. The van der Waals surface area contributed by atoms with E-state index in [2.05, 4.69) is 0 Å². The minimum atomic E-state index is -3.65. The zero-order valence-electron chi connectivity index (χ0n) is 15.1. The van der Waals surface area contributed by atoms with Gasteiger partial charge in [0.2, 0.25) is 10.0 Å². The smallest absolute Gasteiger partial charge is 0.282 e. The van der Waals surface area contributed by atoms with E-state index in [4.69, 9.17) is 4.74 Å². The fourth-order valence-electron chi connectivity index (χ4n) is 3.14. The molecule has 0 N–H and O–H groups in total. The summed E-state index contributed by atoms with van der Waals surface area (Å²) >= 11 is 0. The minimum absolute atomic E-state index is 0.0683. The topological polar surface area (TPSA) is 130 Å². The summed E-state index contributed by atoms with van der Waals surface area (Å²) in [7, 11) is -7.28. The van der Waals surface area contributed by atoms with Gasteiger partial charge in [0.1, 0.15) is 0 Å². The van der Waals surface area contributed by atoms with Crippen molar-refractivity contribution in [3.63, 3.8) is 0 Å². The maximum absolute atomic E-state index is 12.6. The Labute approximate surface area is 163 Å². The molecule has 1 aromatic carbocycles. The lowest BCUT2D eigenvalue weighted by molar-refractivity contribution is -0.384. The van der Waals surface area contributed by atoms with Crippen LogP contribution in [0.5, 0.6) is 0 Å². The van der Waals surface area contributed by atoms with Gasteiger partial charge in [0, 0.05) is 51.4 Å². The summed E-state index contributed by atoms with van der Waals surface area (Å²) < 4.78 is 59.7. The molecule has 13 heteroatoms. The van der Waals surface area contributed by atoms with Gasteiger partial charge >= 0.3 is 0 Å². The maximum atomic E-state index is 12.6. The third kappa shape index (κ3) is 4.67. The van der Waals surface area contributed by atoms with Gasteiger partial charge in [0.05, 0.1) is 23.9 Å². The Hall–Kier alpha value is -1.64. The zero-order valence-corrected chi connectivity index (χ0v) is 16.8. The van der Waals surface area contributed by atoms with Crippen LogP contribution in [0.4, 0.5) is 5.69 Å². The SMILES string of the molecule is O=[N+]([O-])c1ccc(CS(=O)(=O)N2CCN(S(=O)(=O)N3CCOCC3)CC2)cc1. The van der Waals surface area contributed by atoms with Crippen LogP contribution >= 0.6 is 0 Å². The summed E-state index contributed by atoms with van der Waals surface area (Å²) in [6.45, 7) is 1.59. The van der Waals surface area contributed by atoms with Crippen molar-refractivity contribution < 1.29 is 26.5 Å². The van der Waals surface area contributed by atoms with Crippen LogP contribution in [0.2, 0.25) is 0 Å². The highest BCUT2D eigenvalue weighted by Crippen LogP contribution is 2.19. The molecule has 156 valence electrons. The molecule has 1 aromatic rings. The molecule has 0 aliphatic carbocycles. The first-order valence-corrected chi connectivity index (χ1v) is 11.7. The van der Waals surface area contributed by atoms with Crippen LogP contribution in [-0.2, 0) is 30.7 Å². The molecule has 2 aliphatic heterocycles. The molecule has 2 fully saturated rings. The Bertz CT molecular complexity index is 904. The van der Waals surface area contributed by atoms with Crippen molar-refractivity contribution >= 4 is 25.9 Å². The molecule has 0 unspecified atom stereocenters. The Morgan fingerprint density at radius 1 is 0.857 bits per heavy atom. The van der Waals surface area contributed by atoms with E-state index in [1.165, 1.54) is 37.2 Å². The summed E-state index contributed by atoms with van der Waals surface area (Å²) in [6, 6.07) is 5.35. The number of rotatable bonds is 6. The summed E-state index contributed by atoms with van der Waals surface area (Å²) in [5.41, 5.74) is 0.331. The highest BCUT2D eigenvalue weighted by atomic mass is 32.2. The number of benzene rings is 1. The number of non-ortho nitro benzene ring substituents is 1. The largest absolute Gasteiger partial charge is 0.379 e. The lowest BCUT2D eigenvalue weighted by Crippen LogP contribution is -2.55. The molecular formula is C15H22N4O7S2. The van der Waals surface area contributed by atoms with Crippen LogP contribution in [0.1, 0.15) is 5.56 Å². The van der Waals surface area contributed by atoms with E-state index in [1.54, 1.807) is 0 Å². The molecule has 3 rings (SSSR count). The Morgan fingerprint density at radius 3 is 1.89 bits per heavy atom. The molecular weight excluding hydrogens is 412 g/mol. The van der Waals surface area contributed by atoms with Gasteiger partial charge in [-0.2, -0.15) is 21.3 Å². The monoisotopic (exact) mass is 434 g/mol. The molecule has 0 aromatic heterocycles. The number of piperazine rings is 1. The molecule has 0 spiro atoms. The first-order valence-electron chi connectivity index (χ1n) is 8.74. The van der Waals surface area contributed by atoms with Crippen LogP contribution in [0.15, 0.2) is 24.3 Å². The van der Waals surface area contributed by atoms with Crippen LogP contribution < -0.4 is 0 Å². The molecule has 0 radical (unpaired) electrons. The third-order valence-electron chi connectivity index (χ3n) is 4.71. The van der Waals surface area contributed by atoms with Crippen molar-refractivity contribution in [3.05, 3.63) is 39.9 Å². The standard InChI is InChI=1S/C15H22N4O7S2/c20-19(21)15-3-1-14(2-4-15)13-27(22,23)16-5-7-17(8-6-16)28(24,25)18-9-11-26-12-10-18/h1-4H,5-13H2. The van der Waals surface area contributed by atoms with Crippen molar-refractivity contribution in [1.82, 2.24) is 12.9 Å². The van der Waals surface area contributed by atoms with Crippen molar-refractivity contribution in [2.24, 2.45) is 0 Å². The van der Waals surface area contributed by atoms with Gasteiger partial charge in [-0.15, -0.1) is 0 Å². The zero-order chi connectivity index (χ0) is 20.4. The van der Waals surface area contributed by atoms with Gasteiger partial charge in [0.15, 0.2) is 0 Å². The number of ether oxygens (including phenoxy) is 1. The predicted octanol–water partition coefficient (Wildman–Crippen LogP) is -0.381. The Balaban J connectivity index is 1.60. The third-order valence-corrected chi connectivity index (χ3v) is 8.60. The van der Waals surface area contributed by atoms with Gasteiger partial charge in [0.25, 0.3) is 15.9 Å². The number of hydrogen-bond donors (Lipinski definition) is 0. The van der Waals surface area contributed by atoms with Crippen molar-refractivity contribution in [3.8, 4) is 0 Å². The normalized spacial score (nSPS) is 20.9. The summed E-state index contributed by atoms with van der Waals surface area (Å²) in [5.74, 6) is -0.290. The van der Waals surface area contributed by atoms with E-state index in [0.717, 1.165) is 0 Å². The highest BCUT2D eigenvalue weighted by Gasteiger charge is 2.36. The molecule has 0 atom stereocenters. The van der Waals surface area contributed by atoms with E-state index in [-0.39, 0.29) is 37.6 Å². The van der Waals surface area contributed by atoms with E-state index < -0.39 is 25.2 Å². The average Bonchev–Trinajstić information content (AvgIpc) is 2.69. The van der Waals surface area contributed by atoms with Gasteiger partial charge in [-0.25, -0.2) is 8.42 Å². The number of sulfonamides is 1. The van der Waals surface area contributed by atoms with Gasteiger partial charge in [-0.3, -0.25) is 10.1 Å². The second-order valence-electron chi connectivity index (χ2n) is 6.50. The minimum Gasteiger partial charge on any atom is -0.379 e. The second-order valence-corrected chi connectivity index (χ2v) is 10.4. The molecule has 11 nitrogen and oxygen atoms in total. The Morgan fingerprint density at radius 2 is 1.36 bits per heavy atom. The van der Waals surface area contributed by atoms with E-state index in [1.807, 2.05) is 0 Å². The second kappa shape index (κ2) is 8.39. The van der Waals surface area contributed by atoms with Crippen LogP contribution in [0.25, 0.3) is 0 Å². The van der Waals surface area contributed by atoms with Crippen molar-refractivity contribution in [2.45, 2.75) is 5.75 Å². The van der Waals surface area contributed by atoms with Crippen LogP contribution in [-0.4, -0.2) is 87.2 Å². The number of hydrogen-bond acceptors (Lipinski definition) is 7. The first-order chi connectivity index (χ1) is 13.2. The molecule has 2 heterocycles. The summed E-state index contributed by atoms with van der Waals surface area (Å²) in [4.78, 5) is 10.1. The van der Waals surface area contributed by atoms with Crippen LogP contribution in [0, 0.1) is 10.1 Å². The summed E-state index contributed by atoms with van der Waals surface area (Å²) in [5, 5.41) is 10.7. The van der Waals surface area contributed by atoms with E-state index in [9.17, 15) is 26.9 Å². The molecule has 2 saturated heterocycles. The van der Waals surface area contributed by atoms with Gasteiger partial charge in [-0.05, 0) is 5.56 Å². The van der Waals surface area contributed by atoms with Crippen molar-refractivity contribution in [2.75, 3.05) is 52.5 Å². The van der Waals surface area contributed by atoms with Crippen LogP contribution in [0.3, 0.4) is 0 Å². The lowest BCUT2D eigenvalue weighted by Gasteiger charge is -2.37. The number of nitrogens with zero attached hydrogens (tertiary/aromatic N) is 4. The van der Waals surface area contributed by atoms with Gasteiger partial charge < -0.3 is 4.74 Å². The number of nitro benzene ring substituents is 1. The lowest BCUT2D eigenvalue weighted by atomic mass is 10.2. The fraction of sp³-hybridized carbons (Fsp3) is 0.600. The quantitative estimate of drug-likeness (QED) is 0.440. The Kier molecular flexibility index (Phi) is 6.31. The van der Waals surface area contributed by atoms with E-state index >= 15 is 0 Å². The fourth-order valence-corrected chi connectivity index (χ4v) is 6.21. The molecule has 0 saturated carbocycles. The van der Waals surface area contributed by atoms with E-state index in [0.29, 0.717) is 31.9 Å². The molecule has 0 amide bonds. The van der Waals surface area contributed by atoms with Crippen molar-refractivity contribution in [1.29, 1.82) is 0 Å². The average molecular weight is 434 g/mol. The molecule has 2 aliphatic rings. The first kappa shape index (κ1) is 21.1. The summed E-state index contributed by atoms with van der Waals surface area (Å²) in [6.07, 6.45) is 0. The highest BCUT2D eigenvalue weighted by molar-refractivity contribution is 7.88. The van der Waals surface area contributed by atoms with Gasteiger partial charge in [-0.1, -0.05) is 12.1 Å². The number of nitro groups is 1.